The molecule has 134 valence electrons. The van der Waals surface area contributed by atoms with Crippen molar-refractivity contribution < 1.29 is 54.2 Å². The third kappa shape index (κ3) is 3.11. The van der Waals surface area contributed by atoms with Crippen molar-refractivity contribution in [3.63, 3.8) is 0 Å². The van der Waals surface area contributed by atoms with Crippen LogP contribution < -0.4 is 0 Å². The van der Waals surface area contributed by atoms with Gasteiger partial charge < -0.3 is 35.0 Å². The lowest BCUT2D eigenvalue weighted by molar-refractivity contribution is -0.157. The van der Waals surface area contributed by atoms with Crippen LogP contribution in [0.25, 0.3) is 0 Å². The van der Waals surface area contributed by atoms with Gasteiger partial charge in [0.1, 0.15) is 6.10 Å². The normalized spacial score (nSPS) is 20.1. The SMILES string of the molecule is O=CO[C@H](CC(=O)O)C1c2c(cc(O)c(O)c2O)C(=O)O[C@@H]1C(=O)O. The Hall–Kier alpha value is -3.50. The van der Waals surface area contributed by atoms with Gasteiger partial charge in [0.25, 0.3) is 6.47 Å². The van der Waals surface area contributed by atoms with Gasteiger partial charge in [0, 0.05) is 5.56 Å². The van der Waals surface area contributed by atoms with E-state index in [1.54, 1.807) is 0 Å². The van der Waals surface area contributed by atoms with Crippen LogP contribution in [0.1, 0.15) is 28.3 Å². The highest BCUT2D eigenvalue weighted by Crippen LogP contribution is 2.48. The van der Waals surface area contributed by atoms with E-state index in [2.05, 4.69) is 4.74 Å². The summed E-state index contributed by atoms with van der Waals surface area (Å²) in [6.45, 7) is -0.125. The summed E-state index contributed by atoms with van der Waals surface area (Å²) in [7, 11) is 0. The third-order valence-electron chi connectivity index (χ3n) is 3.66. The van der Waals surface area contributed by atoms with Crippen molar-refractivity contribution in [2.24, 2.45) is 0 Å². The van der Waals surface area contributed by atoms with E-state index < -0.39 is 70.8 Å². The highest BCUT2D eigenvalue weighted by molar-refractivity contribution is 5.97. The summed E-state index contributed by atoms with van der Waals surface area (Å²) >= 11 is 0. The van der Waals surface area contributed by atoms with E-state index in [0.717, 1.165) is 6.07 Å². The zero-order chi connectivity index (χ0) is 18.9. The molecular weight excluding hydrogens is 344 g/mol. The van der Waals surface area contributed by atoms with Crippen LogP contribution in [0.5, 0.6) is 17.2 Å². The van der Waals surface area contributed by atoms with Crippen LogP contribution in [0.15, 0.2) is 6.07 Å². The van der Waals surface area contributed by atoms with Crippen LogP contribution in [-0.2, 0) is 23.9 Å². The van der Waals surface area contributed by atoms with Crippen LogP contribution in [-0.4, -0.2) is 62.1 Å². The number of fused-ring (bicyclic) bond motifs is 1. The van der Waals surface area contributed by atoms with Gasteiger partial charge in [-0.05, 0) is 6.07 Å². The zero-order valence-electron chi connectivity index (χ0n) is 12.3. The quantitative estimate of drug-likeness (QED) is 0.252. The number of carbonyl (C=O) groups excluding carboxylic acids is 2. The highest BCUT2D eigenvalue weighted by Gasteiger charge is 2.48. The Balaban J connectivity index is 2.72. The monoisotopic (exact) mass is 356 g/mol. The fraction of sp³-hybridized carbons (Fsp3) is 0.286. The first-order chi connectivity index (χ1) is 11.7. The smallest absolute Gasteiger partial charge is 0.345 e. The Bertz CT molecular complexity index is 754. The number of hydrogen-bond donors (Lipinski definition) is 5. The van der Waals surface area contributed by atoms with Crippen molar-refractivity contribution in [3.8, 4) is 17.2 Å². The van der Waals surface area contributed by atoms with Crippen LogP contribution in [0.4, 0.5) is 0 Å². The molecule has 1 unspecified atom stereocenters. The van der Waals surface area contributed by atoms with Crippen LogP contribution >= 0.6 is 0 Å². The summed E-state index contributed by atoms with van der Waals surface area (Å²) in [6.07, 6.45) is -4.51. The van der Waals surface area contributed by atoms with Crippen LogP contribution in [0, 0.1) is 0 Å². The van der Waals surface area contributed by atoms with Crippen LogP contribution in [0.2, 0.25) is 0 Å². The van der Waals surface area contributed by atoms with Gasteiger partial charge in [0.15, 0.2) is 11.5 Å². The lowest BCUT2D eigenvalue weighted by Gasteiger charge is -2.34. The first kappa shape index (κ1) is 17.8. The molecular formula is C14H12O11. The number of aliphatic carboxylic acids is 2. The minimum atomic E-state index is -2.00. The van der Waals surface area contributed by atoms with Gasteiger partial charge in [0.05, 0.1) is 17.9 Å². The number of phenols is 3. The van der Waals surface area contributed by atoms with Crippen molar-refractivity contribution in [1.82, 2.24) is 0 Å². The molecule has 0 aromatic heterocycles. The van der Waals surface area contributed by atoms with E-state index in [9.17, 15) is 39.6 Å². The fourth-order valence-electron chi connectivity index (χ4n) is 2.66. The second-order valence-corrected chi connectivity index (χ2v) is 5.11. The van der Waals surface area contributed by atoms with E-state index in [1.165, 1.54) is 0 Å². The molecule has 3 atom stereocenters. The number of aromatic hydroxyl groups is 3. The minimum Gasteiger partial charge on any atom is -0.504 e. The Morgan fingerprint density at radius 1 is 1.24 bits per heavy atom. The molecule has 5 N–H and O–H groups in total. The molecule has 1 aliphatic heterocycles. The van der Waals surface area contributed by atoms with Gasteiger partial charge in [-0.3, -0.25) is 9.59 Å². The Labute approximate surface area is 138 Å². The highest BCUT2D eigenvalue weighted by atomic mass is 16.6. The number of benzene rings is 1. The van der Waals surface area contributed by atoms with Crippen molar-refractivity contribution in [1.29, 1.82) is 0 Å². The predicted octanol–water partition coefficient (Wildman–Crippen LogP) is -0.473. The van der Waals surface area contributed by atoms with Crippen molar-refractivity contribution in [3.05, 3.63) is 17.2 Å². The molecule has 2 rings (SSSR count). The number of cyclic esters (lactones) is 1. The second kappa shape index (κ2) is 6.55. The molecule has 0 fully saturated rings. The molecule has 0 spiro atoms. The lowest BCUT2D eigenvalue weighted by Crippen LogP contribution is -2.44. The van der Waals surface area contributed by atoms with E-state index >= 15 is 0 Å². The topological polar surface area (TPSA) is 188 Å². The summed E-state index contributed by atoms with van der Waals surface area (Å²) in [4.78, 5) is 45.0. The van der Waals surface area contributed by atoms with Gasteiger partial charge in [-0.2, -0.15) is 0 Å². The first-order valence-corrected chi connectivity index (χ1v) is 6.71. The number of phenolic OH excluding ortho intramolecular Hbond substituents is 3. The molecule has 0 bridgehead atoms. The Morgan fingerprint density at radius 2 is 1.88 bits per heavy atom. The minimum absolute atomic E-state index is 0.125. The summed E-state index contributed by atoms with van der Waals surface area (Å²) < 4.78 is 9.33. The molecule has 25 heavy (non-hydrogen) atoms. The molecule has 1 aromatic rings. The Morgan fingerprint density at radius 3 is 2.40 bits per heavy atom. The number of carboxylic acids is 2. The maximum Gasteiger partial charge on any atom is 0.345 e. The van der Waals surface area contributed by atoms with Crippen LogP contribution in [0.3, 0.4) is 0 Å². The van der Waals surface area contributed by atoms with Crippen molar-refractivity contribution >= 4 is 24.4 Å². The van der Waals surface area contributed by atoms with E-state index in [-0.39, 0.29) is 6.47 Å². The molecule has 1 aromatic carbocycles. The molecule has 0 amide bonds. The average Bonchev–Trinajstić information content (AvgIpc) is 2.52. The predicted molar refractivity (Wildman–Crippen MR) is 74.2 cm³/mol. The second-order valence-electron chi connectivity index (χ2n) is 5.11. The third-order valence-corrected chi connectivity index (χ3v) is 3.66. The number of carbonyl (C=O) groups is 4. The number of ether oxygens (including phenoxy) is 2. The number of carboxylic acid groups (broad SMARTS) is 2. The molecule has 11 heteroatoms. The maximum atomic E-state index is 11.9. The van der Waals surface area contributed by atoms with Gasteiger partial charge in [0.2, 0.25) is 11.9 Å². The zero-order valence-corrected chi connectivity index (χ0v) is 12.3. The van der Waals surface area contributed by atoms with Crippen molar-refractivity contribution in [2.75, 3.05) is 0 Å². The number of hydrogen-bond acceptors (Lipinski definition) is 9. The summed E-state index contributed by atoms with van der Waals surface area (Å²) in [5, 5.41) is 47.4. The van der Waals surface area contributed by atoms with Gasteiger partial charge >= 0.3 is 17.9 Å². The van der Waals surface area contributed by atoms with Gasteiger partial charge in [-0.25, -0.2) is 9.59 Å². The molecule has 0 radical (unpaired) electrons. The molecule has 1 aliphatic rings. The largest absolute Gasteiger partial charge is 0.504 e. The first-order valence-electron chi connectivity index (χ1n) is 6.71. The molecule has 1 heterocycles. The maximum absolute atomic E-state index is 11.9. The molecule has 11 nitrogen and oxygen atoms in total. The van der Waals surface area contributed by atoms with Gasteiger partial charge in [-0.1, -0.05) is 0 Å². The standard InChI is InChI=1S/C14H12O11/c15-3-24-6(2-7(17)18)9-8-4(1-5(16)10(19)11(8)20)14(23)25-12(9)13(21)22/h1,3,6,9,12,16,19-20H,2H2,(H,17,18)(H,21,22)/t6-,9?,12+/m1/s1. The summed E-state index contributed by atoms with van der Waals surface area (Å²) in [6, 6.07) is 0.719. The molecule has 0 saturated heterocycles. The Kier molecular flexibility index (Phi) is 4.68. The van der Waals surface area contributed by atoms with Crippen molar-refractivity contribution in [2.45, 2.75) is 24.5 Å². The summed E-state index contributed by atoms with van der Waals surface area (Å²) in [5.41, 5.74) is -1.01. The lowest BCUT2D eigenvalue weighted by atomic mass is 9.81. The number of esters is 1. The molecule has 0 saturated carbocycles. The number of rotatable bonds is 6. The summed E-state index contributed by atoms with van der Waals surface area (Å²) in [5.74, 6) is -9.01. The average molecular weight is 356 g/mol. The fourth-order valence-corrected chi connectivity index (χ4v) is 2.66. The van der Waals surface area contributed by atoms with E-state index in [0.29, 0.717) is 0 Å². The van der Waals surface area contributed by atoms with E-state index in [4.69, 9.17) is 9.84 Å². The van der Waals surface area contributed by atoms with E-state index in [1.807, 2.05) is 0 Å². The van der Waals surface area contributed by atoms with Gasteiger partial charge in [-0.15, -0.1) is 0 Å². The molecule has 0 aliphatic carbocycles.